The number of benzene rings is 1. The van der Waals surface area contributed by atoms with Gasteiger partial charge in [0.25, 0.3) is 5.56 Å². The Morgan fingerprint density at radius 1 is 1.17 bits per heavy atom. The number of hydrogen-bond donors (Lipinski definition) is 3. The maximum absolute atomic E-state index is 13.7. The topological polar surface area (TPSA) is 138 Å². The van der Waals surface area contributed by atoms with Gasteiger partial charge in [0.05, 0.1) is 36.4 Å². The zero-order valence-electron chi connectivity index (χ0n) is 20.1. The molecule has 12 nitrogen and oxygen atoms in total. The van der Waals surface area contributed by atoms with Crippen molar-refractivity contribution in [2.24, 2.45) is 12.8 Å². The van der Waals surface area contributed by atoms with E-state index in [2.05, 4.69) is 16.8 Å². The van der Waals surface area contributed by atoms with E-state index >= 15 is 0 Å². The summed E-state index contributed by atoms with van der Waals surface area (Å²) in [4.78, 5) is 33.7. The third kappa shape index (κ3) is 3.83. The van der Waals surface area contributed by atoms with Gasteiger partial charge in [-0.3, -0.25) is 28.9 Å². The van der Waals surface area contributed by atoms with E-state index < -0.39 is 11.2 Å². The van der Waals surface area contributed by atoms with E-state index in [1.807, 2.05) is 4.90 Å². The summed E-state index contributed by atoms with van der Waals surface area (Å²) >= 11 is 0. The first-order valence-corrected chi connectivity index (χ1v) is 11.7. The van der Waals surface area contributed by atoms with Crippen LogP contribution in [0.25, 0.3) is 11.2 Å². The van der Waals surface area contributed by atoms with Crippen LogP contribution in [0.15, 0.2) is 45.8 Å². The molecule has 0 spiro atoms. The number of para-hydroxylation sites is 2. The molecule has 0 aliphatic carbocycles. The number of allylic oxidation sites excluding steroid dienone is 1. The highest BCUT2D eigenvalue weighted by Crippen LogP contribution is 2.34. The Morgan fingerprint density at radius 2 is 1.92 bits per heavy atom. The van der Waals surface area contributed by atoms with Crippen LogP contribution in [0.4, 0.5) is 17.3 Å². The predicted molar refractivity (Wildman–Crippen MR) is 135 cm³/mol. The second-order valence-corrected chi connectivity index (χ2v) is 8.94. The van der Waals surface area contributed by atoms with Gasteiger partial charge in [-0.15, -0.1) is 5.92 Å². The number of piperidine rings is 1. The van der Waals surface area contributed by atoms with Crippen molar-refractivity contribution in [1.82, 2.24) is 18.7 Å². The van der Waals surface area contributed by atoms with Gasteiger partial charge in [-0.2, -0.15) is 4.98 Å². The van der Waals surface area contributed by atoms with Gasteiger partial charge in [-0.05, 0) is 31.9 Å². The maximum atomic E-state index is 13.7. The Balaban J connectivity index is 1.65. The monoisotopic (exact) mass is 492 g/mol. The number of anilines is 3. The van der Waals surface area contributed by atoms with E-state index in [0.717, 1.165) is 34.1 Å². The molecule has 0 radical (unpaired) electrons. The summed E-state index contributed by atoms with van der Waals surface area (Å²) in [5.41, 5.74) is 6.32. The van der Waals surface area contributed by atoms with Gasteiger partial charge in [0.15, 0.2) is 11.2 Å². The number of imidazole rings is 1. The minimum absolute atomic E-state index is 0.0113. The molecule has 2 aliphatic heterocycles. The Kier molecular flexibility index (Phi) is 6.05. The van der Waals surface area contributed by atoms with Gasteiger partial charge < -0.3 is 10.6 Å². The highest BCUT2D eigenvalue weighted by molar-refractivity contribution is 5.76. The number of nitrogens with zero attached hydrogens (tertiary/aromatic N) is 7. The molecule has 0 saturated carbocycles. The highest BCUT2D eigenvalue weighted by Gasteiger charge is 2.28. The normalized spacial score (nSPS) is 17.6. The lowest BCUT2D eigenvalue weighted by molar-refractivity contribution is 0.251. The van der Waals surface area contributed by atoms with Crippen molar-refractivity contribution in [2.45, 2.75) is 38.9 Å². The molecule has 1 fully saturated rings. The quantitative estimate of drug-likeness (QED) is 0.451. The molecule has 1 aromatic carbocycles. The first kappa shape index (κ1) is 23.7. The predicted octanol–water partition coefficient (Wildman–Crippen LogP) is 0.794. The molecule has 5 rings (SSSR count). The van der Waals surface area contributed by atoms with Crippen LogP contribution in [-0.2, 0) is 20.1 Å². The Labute approximate surface area is 206 Å². The Morgan fingerprint density at radius 3 is 2.64 bits per heavy atom. The molecule has 12 heteroatoms. The minimum atomic E-state index is -0.599. The lowest BCUT2D eigenvalue weighted by Crippen LogP contribution is -2.44. The molecule has 0 bridgehead atoms. The van der Waals surface area contributed by atoms with Gasteiger partial charge in [-0.1, -0.05) is 18.1 Å². The summed E-state index contributed by atoms with van der Waals surface area (Å²) in [6.45, 7) is 2.97. The van der Waals surface area contributed by atoms with Crippen LogP contribution in [0, 0.1) is 11.8 Å². The standard InChI is InChI=1S/C24H28N8O4/c1-3-4-12-29-20-21(26-23(29)28-11-7-8-16(25)13-28)27(2)24(34)30(22(20)33)14-17-15-31(35)18-9-5-6-10-19(18)32(17)36/h5-6,9-10,15-16,35-36H,7-8,11-14,25H2,1-2H3. The first-order valence-electron chi connectivity index (χ1n) is 11.7. The van der Waals surface area contributed by atoms with Crippen LogP contribution < -0.4 is 32.0 Å². The molecule has 0 amide bonds. The summed E-state index contributed by atoms with van der Waals surface area (Å²) in [6, 6.07) is 6.66. The second kappa shape index (κ2) is 9.19. The molecule has 36 heavy (non-hydrogen) atoms. The van der Waals surface area contributed by atoms with E-state index in [0.29, 0.717) is 23.9 Å². The van der Waals surface area contributed by atoms with Crippen molar-refractivity contribution in [3.8, 4) is 11.8 Å². The largest absolute Gasteiger partial charge is 0.341 e. The zero-order chi connectivity index (χ0) is 25.6. The molecular weight excluding hydrogens is 464 g/mol. The number of aryl methyl sites for hydroxylation is 1. The van der Waals surface area contributed by atoms with Crippen LogP contribution in [0.2, 0.25) is 0 Å². The summed E-state index contributed by atoms with van der Waals surface area (Å²) in [7, 11) is 1.55. The third-order valence-electron chi connectivity index (χ3n) is 6.59. The van der Waals surface area contributed by atoms with E-state index in [9.17, 15) is 20.0 Å². The van der Waals surface area contributed by atoms with Crippen molar-refractivity contribution in [3.05, 3.63) is 57.0 Å². The summed E-state index contributed by atoms with van der Waals surface area (Å²) in [6.07, 6.45) is 3.07. The van der Waals surface area contributed by atoms with E-state index in [-0.39, 0.29) is 36.0 Å². The molecular formula is C24H28N8O4. The van der Waals surface area contributed by atoms with Gasteiger partial charge in [0.1, 0.15) is 0 Å². The van der Waals surface area contributed by atoms with Crippen molar-refractivity contribution in [1.29, 1.82) is 0 Å². The summed E-state index contributed by atoms with van der Waals surface area (Å²) in [5.74, 6) is 6.40. The Hall–Kier alpha value is -4.05. The molecule has 4 N–H and O–H groups in total. The van der Waals surface area contributed by atoms with E-state index in [1.165, 1.54) is 10.8 Å². The van der Waals surface area contributed by atoms with Crippen LogP contribution >= 0.6 is 0 Å². The fraction of sp³-hybridized carbons (Fsp3) is 0.375. The number of fused-ring (bicyclic) bond motifs is 2. The molecule has 188 valence electrons. The van der Waals surface area contributed by atoms with Gasteiger partial charge >= 0.3 is 5.69 Å². The molecule has 4 heterocycles. The number of hydrogen-bond acceptors (Lipinski definition) is 9. The van der Waals surface area contributed by atoms with Crippen LogP contribution in [0.5, 0.6) is 0 Å². The zero-order valence-corrected chi connectivity index (χ0v) is 20.1. The van der Waals surface area contributed by atoms with Crippen molar-refractivity contribution >= 4 is 28.5 Å². The SMILES string of the molecule is CC#CCn1c(N2CCCC(N)C2)nc2c1c(=O)n(CC1=CN(O)c3ccccc3N1O)c(=O)n2C. The van der Waals surface area contributed by atoms with E-state index in [1.54, 1.807) is 42.8 Å². The van der Waals surface area contributed by atoms with Crippen molar-refractivity contribution in [3.63, 3.8) is 0 Å². The summed E-state index contributed by atoms with van der Waals surface area (Å²) in [5, 5.41) is 22.9. The number of aromatic nitrogens is 4. The van der Waals surface area contributed by atoms with Gasteiger partial charge in [0.2, 0.25) is 5.95 Å². The average molecular weight is 493 g/mol. The van der Waals surface area contributed by atoms with E-state index in [4.69, 9.17) is 5.73 Å². The lowest BCUT2D eigenvalue weighted by atomic mass is 10.1. The Bertz CT molecular complexity index is 1540. The number of nitrogens with two attached hydrogens (primary N) is 1. The lowest BCUT2D eigenvalue weighted by Gasteiger charge is -2.31. The third-order valence-corrected chi connectivity index (χ3v) is 6.59. The average Bonchev–Trinajstić information content (AvgIpc) is 3.26. The van der Waals surface area contributed by atoms with Gasteiger partial charge in [0, 0.05) is 26.2 Å². The highest BCUT2D eigenvalue weighted by atomic mass is 16.5. The van der Waals surface area contributed by atoms with Crippen molar-refractivity contribution in [2.75, 3.05) is 28.1 Å². The molecule has 2 aliphatic rings. The minimum Gasteiger partial charge on any atom is -0.341 e. The fourth-order valence-corrected chi connectivity index (χ4v) is 4.77. The first-order chi connectivity index (χ1) is 17.3. The number of hydroxylamine groups is 2. The van der Waals surface area contributed by atoms with Crippen LogP contribution in [0.3, 0.4) is 0 Å². The fourth-order valence-electron chi connectivity index (χ4n) is 4.77. The number of rotatable bonds is 4. The van der Waals surface area contributed by atoms with Gasteiger partial charge in [-0.25, -0.2) is 14.9 Å². The second-order valence-electron chi connectivity index (χ2n) is 8.94. The maximum Gasteiger partial charge on any atom is 0.332 e. The van der Waals surface area contributed by atoms with Crippen LogP contribution in [0.1, 0.15) is 19.8 Å². The smallest absolute Gasteiger partial charge is 0.332 e. The molecule has 1 saturated heterocycles. The van der Waals surface area contributed by atoms with Crippen LogP contribution in [-0.4, -0.2) is 48.2 Å². The molecule has 1 unspecified atom stereocenters. The molecule has 3 aromatic rings. The van der Waals surface area contributed by atoms with Crippen molar-refractivity contribution < 1.29 is 10.4 Å². The molecule has 1 atom stereocenters. The molecule has 2 aromatic heterocycles. The summed E-state index contributed by atoms with van der Waals surface area (Å²) < 4.78 is 4.06.